The van der Waals surface area contributed by atoms with Gasteiger partial charge >= 0.3 is 6.03 Å². The lowest BCUT2D eigenvalue weighted by molar-refractivity contribution is 0.104. The third kappa shape index (κ3) is 4.10. The van der Waals surface area contributed by atoms with Gasteiger partial charge in [-0.1, -0.05) is 23.7 Å². The molecule has 0 aliphatic heterocycles. The van der Waals surface area contributed by atoms with Crippen LogP contribution < -0.4 is 16.4 Å². The molecule has 0 radical (unpaired) electrons. The van der Waals surface area contributed by atoms with Crippen molar-refractivity contribution in [2.24, 2.45) is 0 Å². The van der Waals surface area contributed by atoms with Crippen LogP contribution in [0.4, 0.5) is 22.1 Å². The summed E-state index contributed by atoms with van der Waals surface area (Å²) in [4.78, 5) is 38.1. The number of urea groups is 1. The van der Waals surface area contributed by atoms with Crippen LogP contribution in [-0.2, 0) is 0 Å². The van der Waals surface area contributed by atoms with Crippen molar-refractivity contribution in [1.29, 1.82) is 0 Å². The summed E-state index contributed by atoms with van der Waals surface area (Å²) in [6.07, 6.45) is 4.54. The van der Waals surface area contributed by atoms with Gasteiger partial charge in [0, 0.05) is 24.0 Å². The van der Waals surface area contributed by atoms with Gasteiger partial charge in [0.2, 0.25) is 0 Å². The standard InChI is InChI=1S/C22H20ClN7O2/c1-12(2)30-10-14(18-20(24)26-11-27-21(18)30)19(31)13-7-8-25-17(9-13)29-22(32)28-16-6-4-3-5-15(16)23/h3-12H,1-2H3,(H2,24,26,27)(H2,25,28,29,32). The summed E-state index contributed by atoms with van der Waals surface area (Å²) >= 11 is 6.07. The summed E-state index contributed by atoms with van der Waals surface area (Å²) in [5.41, 5.74) is 7.81. The van der Waals surface area contributed by atoms with Crippen molar-refractivity contribution in [2.45, 2.75) is 19.9 Å². The Labute approximate surface area is 188 Å². The average molecular weight is 450 g/mol. The summed E-state index contributed by atoms with van der Waals surface area (Å²) < 4.78 is 1.87. The molecule has 162 valence electrons. The largest absolute Gasteiger partial charge is 0.383 e. The molecule has 0 bridgehead atoms. The second kappa shape index (κ2) is 8.64. The van der Waals surface area contributed by atoms with Crippen molar-refractivity contribution in [2.75, 3.05) is 16.4 Å². The van der Waals surface area contributed by atoms with Crippen LogP contribution in [0.25, 0.3) is 11.0 Å². The quantitative estimate of drug-likeness (QED) is 0.384. The third-order valence-electron chi connectivity index (χ3n) is 4.83. The fourth-order valence-electron chi connectivity index (χ4n) is 3.30. The molecule has 0 atom stereocenters. The summed E-state index contributed by atoms with van der Waals surface area (Å²) in [6, 6.07) is 9.44. The predicted octanol–water partition coefficient (Wildman–Crippen LogP) is 4.52. The monoisotopic (exact) mass is 449 g/mol. The highest BCUT2D eigenvalue weighted by molar-refractivity contribution is 6.33. The molecule has 3 aromatic heterocycles. The van der Waals surface area contributed by atoms with Gasteiger partial charge in [0.1, 0.15) is 23.6 Å². The van der Waals surface area contributed by atoms with Crippen molar-refractivity contribution in [3.63, 3.8) is 0 Å². The molecule has 0 unspecified atom stereocenters. The van der Waals surface area contributed by atoms with Crippen LogP contribution in [0.2, 0.25) is 5.02 Å². The fraction of sp³-hybridized carbons (Fsp3) is 0.136. The van der Waals surface area contributed by atoms with Gasteiger partial charge in [0.05, 0.1) is 21.7 Å². The van der Waals surface area contributed by atoms with E-state index in [2.05, 4.69) is 25.6 Å². The molecule has 4 N–H and O–H groups in total. The van der Waals surface area contributed by atoms with E-state index in [1.54, 1.807) is 36.5 Å². The number of ketones is 1. The van der Waals surface area contributed by atoms with Gasteiger partial charge in [-0.2, -0.15) is 0 Å². The van der Waals surface area contributed by atoms with Crippen LogP contribution in [0, 0.1) is 0 Å². The Balaban J connectivity index is 1.62. The number of carbonyl (C=O) groups is 2. The number of pyridine rings is 1. The Hall–Kier alpha value is -3.98. The van der Waals surface area contributed by atoms with Crippen molar-refractivity contribution >= 4 is 51.8 Å². The average Bonchev–Trinajstić information content (AvgIpc) is 3.16. The van der Waals surface area contributed by atoms with E-state index in [9.17, 15) is 9.59 Å². The highest BCUT2D eigenvalue weighted by atomic mass is 35.5. The second-order valence-corrected chi connectivity index (χ2v) is 7.73. The van der Waals surface area contributed by atoms with E-state index in [0.717, 1.165) is 0 Å². The second-order valence-electron chi connectivity index (χ2n) is 7.32. The lowest BCUT2D eigenvalue weighted by atomic mass is 10.0. The molecule has 10 heteroatoms. The van der Waals surface area contributed by atoms with E-state index in [4.69, 9.17) is 17.3 Å². The summed E-state index contributed by atoms with van der Waals surface area (Å²) in [6.45, 7) is 3.97. The van der Waals surface area contributed by atoms with Gasteiger partial charge in [0.15, 0.2) is 5.78 Å². The van der Waals surface area contributed by atoms with Gasteiger partial charge in [-0.05, 0) is 38.1 Å². The summed E-state index contributed by atoms with van der Waals surface area (Å²) in [7, 11) is 0. The number of nitrogen functional groups attached to an aromatic ring is 1. The molecular formula is C22H20ClN7O2. The Morgan fingerprint density at radius 3 is 2.62 bits per heavy atom. The zero-order chi connectivity index (χ0) is 22.8. The first kappa shape index (κ1) is 21.3. The number of fused-ring (bicyclic) bond motifs is 1. The Kier molecular flexibility index (Phi) is 5.74. The number of halogens is 1. The summed E-state index contributed by atoms with van der Waals surface area (Å²) in [5, 5.41) is 6.15. The lowest BCUT2D eigenvalue weighted by Gasteiger charge is -2.09. The minimum Gasteiger partial charge on any atom is -0.383 e. The molecule has 32 heavy (non-hydrogen) atoms. The Morgan fingerprint density at radius 1 is 1.09 bits per heavy atom. The maximum atomic E-state index is 13.3. The van der Waals surface area contributed by atoms with Gasteiger partial charge in [-0.3, -0.25) is 10.1 Å². The van der Waals surface area contributed by atoms with Crippen LogP contribution in [0.15, 0.2) is 55.1 Å². The van der Waals surface area contributed by atoms with Crippen LogP contribution in [-0.4, -0.2) is 31.3 Å². The topological polar surface area (TPSA) is 128 Å². The number of aromatic nitrogens is 4. The first-order valence-corrected chi connectivity index (χ1v) is 10.2. The van der Waals surface area contributed by atoms with Crippen LogP contribution >= 0.6 is 11.6 Å². The number of para-hydroxylation sites is 1. The van der Waals surface area contributed by atoms with Gasteiger partial charge in [-0.25, -0.2) is 19.7 Å². The SMILES string of the molecule is CC(C)n1cc(C(=O)c2ccnc(NC(=O)Nc3ccccc3Cl)c2)c2c(N)ncnc21. The molecule has 4 rings (SSSR count). The Morgan fingerprint density at radius 2 is 1.88 bits per heavy atom. The van der Waals surface area contributed by atoms with E-state index >= 15 is 0 Å². The smallest absolute Gasteiger partial charge is 0.324 e. The van der Waals surface area contributed by atoms with Crippen LogP contribution in [0.3, 0.4) is 0 Å². The number of amides is 2. The van der Waals surface area contributed by atoms with E-state index in [-0.39, 0.29) is 23.5 Å². The molecule has 2 amide bonds. The molecule has 0 aliphatic carbocycles. The Bertz CT molecular complexity index is 1330. The summed E-state index contributed by atoms with van der Waals surface area (Å²) in [5.74, 6) is 0.148. The van der Waals surface area contributed by atoms with E-state index < -0.39 is 6.03 Å². The number of nitrogens with one attached hydrogen (secondary N) is 2. The number of benzene rings is 1. The predicted molar refractivity (Wildman–Crippen MR) is 124 cm³/mol. The number of carbonyl (C=O) groups excluding carboxylic acids is 2. The van der Waals surface area contributed by atoms with Gasteiger partial charge < -0.3 is 15.6 Å². The third-order valence-corrected chi connectivity index (χ3v) is 5.16. The molecule has 0 aliphatic rings. The maximum Gasteiger partial charge on any atom is 0.324 e. The molecular weight excluding hydrogens is 430 g/mol. The van der Waals surface area contributed by atoms with Crippen molar-refractivity contribution in [3.05, 3.63) is 71.3 Å². The van der Waals surface area contributed by atoms with Crippen molar-refractivity contribution < 1.29 is 9.59 Å². The molecule has 9 nitrogen and oxygen atoms in total. The highest BCUT2D eigenvalue weighted by Crippen LogP contribution is 2.28. The van der Waals surface area contributed by atoms with E-state index in [0.29, 0.717) is 32.9 Å². The normalized spacial score (nSPS) is 11.0. The molecule has 0 saturated heterocycles. The molecule has 0 spiro atoms. The first-order chi connectivity index (χ1) is 15.3. The van der Waals surface area contributed by atoms with Crippen LogP contribution in [0.5, 0.6) is 0 Å². The number of hydrogen-bond acceptors (Lipinski definition) is 6. The zero-order valence-corrected chi connectivity index (χ0v) is 18.1. The lowest BCUT2D eigenvalue weighted by Crippen LogP contribution is -2.20. The van der Waals surface area contributed by atoms with Crippen molar-refractivity contribution in [3.8, 4) is 0 Å². The van der Waals surface area contributed by atoms with Crippen molar-refractivity contribution in [1.82, 2.24) is 19.5 Å². The van der Waals surface area contributed by atoms with Gasteiger partial charge in [0.25, 0.3) is 0 Å². The molecule has 0 saturated carbocycles. The van der Waals surface area contributed by atoms with E-state index in [1.165, 1.54) is 18.6 Å². The molecule has 1 aromatic carbocycles. The molecule has 4 aromatic rings. The number of nitrogens with two attached hydrogens (primary N) is 1. The minimum absolute atomic E-state index is 0.0662. The fourth-order valence-corrected chi connectivity index (χ4v) is 3.49. The first-order valence-electron chi connectivity index (χ1n) is 9.79. The van der Waals surface area contributed by atoms with Crippen LogP contribution in [0.1, 0.15) is 35.8 Å². The molecule has 3 heterocycles. The minimum atomic E-state index is -0.538. The molecule has 0 fully saturated rings. The van der Waals surface area contributed by atoms with E-state index in [1.807, 2.05) is 18.4 Å². The van der Waals surface area contributed by atoms with Gasteiger partial charge in [-0.15, -0.1) is 0 Å². The number of rotatable bonds is 5. The highest BCUT2D eigenvalue weighted by Gasteiger charge is 2.21. The number of anilines is 3. The maximum absolute atomic E-state index is 13.3. The number of hydrogen-bond donors (Lipinski definition) is 3. The zero-order valence-electron chi connectivity index (χ0n) is 17.3. The number of nitrogens with zero attached hydrogens (tertiary/aromatic N) is 4.